The lowest BCUT2D eigenvalue weighted by molar-refractivity contribution is 0.0646. The molecule has 1 saturated carbocycles. The molecule has 0 radical (unpaired) electrons. The molecule has 1 aliphatic rings. The topological polar surface area (TPSA) is 44.5 Å². The predicted octanol–water partition coefficient (Wildman–Crippen LogP) is 3.22. The monoisotopic (exact) mass is 327 g/mol. The molecule has 3 nitrogen and oxygen atoms in total. The van der Waals surface area contributed by atoms with E-state index < -0.39 is 0 Å². The highest BCUT2D eigenvalue weighted by atomic mass is 79.9. The van der Waals surface area contributed by atoms with Crippen LogP contribution in [0.3, 0.4) is 0 Å². The van der Waals surface area contributed by atoms with E-state index >= 15 is 0 Å². The third-order valence-electron chi connectivity index (χ3n) is 3.74. The standard InChI is InChI=1S/C15H22BrNO2/c16-14-5-2-6-15(9-14)19-8-7-18-11-13-4-1-3-12(13)10-17/h2,5-6,9,12-13H,1,3-4,7-8,10-11,17H2. The molecule has 19 heavy (non-hydrogen) atoms. The summed E-state index contributed by atoms with van der Waals surface area (Å²) in [7, 11) is 0. The van der Waals surface area contributed by atoms with Crippen molar-refractivity contribution in [2.75, 3.05) is 26.4 Å². The first-order chi connectivity index (χ1) is 9.29. The Morgan fingerprint density at radius 1 is 1.21 bits per heavy atom. The van der Waals surface area contributed by atoms with Gasteiger partial charge in [0.2, 0.25) is 0 Å². The Kier molecular flexibility index (Phi) is 6.14. The third-order valence-corrected chi connectivity index (χ3v) is 4.24. The van der Waals surface area contributed by atoms with Crippen molar-refractivity contribution in [2.24, 2.45) is 17.6 Å². The third kappa shape index (κ3) is 4.79. The van der Waals surface area contributed by atoms with Gasteiger partial charge in [-0.25, -0.2) is 0 Å². The Hall–Kier alpha value is -0.580. The second-order valence-electron chi connectivity index (χ2n) is 5.07. The normalized spacial score (nSPS) is 22.6. The van der Waals surface area contributed by atoms with Crippen molar-refractivity contribution in [3.8, 4) is 5.75 Å². The second-order valence-corrected chi connectivity index (χ2v) is 5.98. The summed E-state index contributed by atoms with van der Waals surface area (Å²) in [6, 6.07) is 7.86. The zero-order valence-corrected chi connectivity index (χ0v) is 12.8. The van der Waals surface area contributed by atoms with Crippen LogP contribution >= 0.6 is 15.9 Å². The van der Waals surface area contributed by atoms with Crippen LogP contribution in [0.2, 0.25) is 0 Å². The average Bonchev–Trinajstić information content (AvgIpc) is 2.86. The van der Waals surface area contributed by atoms with Crippen LogP contribution in [-0.4, -0.2) is 26.4 Å². The van der Waals surface area contributed by atoms with Gasteiger partial charge in [0.15, 0.2) is 0 Å². The van der Waals surface area contributed by atoms with E-state index in [9.17, 15) is 0 Å². The van der Waals surface area contributed by atoms with Crippen molar-refractivity contribution in [3.05, 3.63) is 28.7 Å². The summed E-state index contributed by atoms with van der Waals surface area (Å²) in [6.07, 6.45) is 3.82. The Labute approximate surface area is 123 Å². The van der Waals surface area contributed by atoms with Crippen LogP contribution in [0.15, 0.2) is 28.7 Å². The molecule has 106 valence electrons. The zero-order valence-electron chi connectivity index (χ0n) is 11.2. The Balaban J connectivity index is 1.59. The molecule has 0 spiro atoms. The summed E-state index contributed by atoms with van der Waals surface area (Å²) in [4.78, 5) is 0. The first-order valence-corrected chi connectivity index (χ1v) is 7.75. The van der Waals surface area contributed by atoms with E-state index in [-0.39, 0.29) is 0 Å². The molecular weight excluding hydrogens is 306 g/mol. The molecular formula is C15H22BrNO2. The molecule has 1 fully saturated rings. The van der Waals surface area contributed by atoms with Crippen molar-refractivity contribution in [2.45, 2.75) is 19.3 Å². The Morgan fingerprint density at radius 2 is 2.05 bits per heavy atom. The summed E-state index contributed by atoms with van der Waals surface area (Å²) < 4.78 is 12.4. The minimum atomic E-state index is 0.594. The van der Waals surface area contributed by atoms with Crippen LogP contribution in [-0.2, 0) is 4.74 Å². The molecule has 0 bridgehead atoms. The summed E-state index contributed by atoms with van der Waals surface area (Å²) in [5.41, 5.74) is 5.76. The number of nitrogens with two attached hydrogens (primary N) is 1. The van der Waals surface area contributed by atoms with Gasteiger partial charge in [-0.15, -0.1) is 0 Å². The molecule has 2 rings (SSSR count). The van der Waals surface area contributed by atoms with Crippen LogP contribution in [0.25, 0.3) is 0 Å². The second kappa shape index (κ2) is 7.88. The average molecular weight is 328 g/mol. The molecule has 0 aromatic heterocycles. The van der Waals surface area contributed by atoms with Crippen molar-refractivity contribution >= 4 is 15.9 Å². The number of hydrogen-bond acceptors (Lipinski definition) is 3. The van der Waals surface area contributed by atoms with Gasteiger partial charge in [-0.05, 0) is 49.4 Å². The van der Waals surface area contributed by atoms with Crippen molar-refractivity contribution in [3.63, 3.8) is 0 Å². The first-order valence-electron chi connectivity index (χ1n) is 6.96. The van der Waals surface area contributed by atoms with E-state index in [2.05, 4.69) is 15.9 Å². The summed E-state index contributed by atoms with van der Waals surface area (Å²) >= 11 is 3.42. The maximum atomic E-state index is 5.76. The van der Waals surface area contributed by atoms with E-state index in [4.69, 9.17) is 15.2 Å². The molecule has 1 aliphatic carbocycles. The maximum absolute atomic E-state index is 5.76. The van der Waals surface area contributed by atoms with Gasteiger partial charge in [0.25, 0.3) is 0 Å². The lowest BCUT2D eigenvalue weighted by atomic mass is 9.97. The van der Waals surface area contributed by atoms with E-state index in [0.717, 1.165) is 23.4 Å². The fraction of sp³-hybridized carbons (Fsp3) is 0.600. The minimum absolute atomic E-state index is 0.594. The summed E-state index contributed by atoms with van der Waals surface area (Å²) in [5, 5.41) is 0. The minimum Gasteiger partial charge on any atom is -0.491 e. The van der Waals surface area contributed by atoms with E-state index in [1.54, 1.807) is 0 Å². The molecule has 0 heterocycles. The van der Waals surface area contributed by atoms with E-state index in [1.165, 1.54) is 19.3 Å². The number of benzene rings is 1. The molecule has 0 saturated heterocycles. The summed E-state index contributed by atoms with van der Waals surface area (Å²) in [6.45, 7) is 2.85. The number of halogens is 1. The molecule has 2 N–H and O–H groups in total. The Morgan fingerprint density at radius 3 is 2.84 bits per heavy atom. The first kappa shape index (κ1) is 14.8. The fourth-order valence-electron chi connectivity index (χ4n) is 2.65. The molecule has 1 aromatic rings. The molecule has 4 heteroatoms. The van der Waals surface area contributed by atoms with Gasteiger partial charge >= 0.3 is 0 Å². The molecule has 1 aromatic carbocycles. The van der Waals surface area contributed by atoms with Crippen LogP contribution in [0.1, 0.15) is 19.3 Å². The number of hydrogen-bond donors (Lipinski definition) is 1. The number of rotatable bonds is 7. The van der Waals surface area contributed by atoms with E-state index in [0.29, 0.717) is 25.0 Å². The molecule has 0 amide bonds. The van der Waals surface area contributed by atoms with Crippen molar-refractivity contribution in [1.29, 1.82) is 0 Å². The highest BCUT2D eigenvalue weighted by molar-refractivity contribution is 9.10. The van der Waals surface area contributed by atoms with Gasteiger partial charge in [0.1, 0.15) is 12.4 Å². The Bertz CT molecular complexity index is 386. The predicted molar refractivity (Wildman–Crippen MR) is 80.3 cm³/mol. The molecule has 0 aliphatic heterocycles. The largest absolute Gasteiger partial charge is 0.491 e. The quantitative estimate of drug-likeness (QED) is 0.782. The molecule has 2 atom stereocenters. The van der Waals surface area contributed by atoms with Gasteiger partial charge < -0.3 is 15.2 Å². The highest BCUT2D eigenvalue weighted by Crippen LogP contribution is 2.30. The van der Waals surface area contributed by atoms with Crippen molar-refractivity contribution < 1.29 is 9.47 Å². The lowest BCUT2D eigenvalue weighted by Gasteiger charge is -2.17. The van der Waals surface area contributed by atoms with Gasteiger partial charge in [0, 0.05) is 11.1 Å². The van der Waals surface area contributed by atoms with Gasteiger partial charge in [-0.1, -0.05) is 28.4 Å². The number of ether oxygens (including phenoxy) is 2. The smallest absolute Gasteiger partial charge is 0.120 e. The van der Waals surface area contributed by atoms with Crippen LogP contribution in [0, 0.1) is 11.8 Å². The van der Waals surface area contributed by atoms with Gasteiger partial charge in [-0.2, -0.15) is 0 Å². The van der Waals surface area contributed by atoms with E-state index in [1.807, 2.05) is 24.3 Å². The van der Waals surface area contributed by atoms with Crippen LogP contribution in [0.5, 0.6) is 5.75 Å². The maximum Gasteiger partial charge on any atom is 0.120 e. The lowest BCUT2D eigenvalue weighted by Crippen LogP contribution is -2.23. The molecule has 2 unspecified atom stereocenters. The fourth-order valence-corrected chi connectivity index (χ4v) is 3.03. The van der Waals surface area contributed by atoms with Gasteiger partial charge in [-0.3, -0.25) is 0 Å². The zero-order chi connectivity index (χ0) is 13.5. The highest BCUT2D eigenvalue weighted by Gasteiger charge is 2.25. The van der Waals surface area contributed by atoms with Crippen molar-refractivity contribution in [1.82, 2.24) is 0 Å². The van der Waals surface area contributed by atoms with Crippen LogP contribution < -0.4 is 10.5 Å². The SMILES string of the molecule is NCC1CCCC1COCCOc1cccc(Br)c1. The van der Waals surface area contributed by atoms with Crippen LogP contribution in [0.4, 0.5) is 0 Å². The van der Waals surface area contributed by atoms with Gasteiger partial charge in [0.05, 0.1) is 6.61 Å². The summed E-state index contributed by atoms with van der Waals surface area (Å²) in [5.74, 6) is 2.18.